The zero-order valence-electron chi connectivity index (χ0n) is 21.3. The van der Waals surface area contributed by atoms with Crippen molar-refractivity contribution in [2.24, 2.45) is 5.92 Å². The summed E-state index contributed by atoms with van der Waals surface area (Å²) in [4.78, 5) is 35.0. The predicted molar refractivity (Wildman–Crippen MR) is 138 cm³/mol. The Hall–Kier alpha value is -3.65. The highest BCUT2D eigenvalue weighted by molar-refractivity contribution is 5.86. The van der Waals surface area contributed by atoms with Gasteiger partial charge in [0.1, 0.15) is 11.9 Å². The highest BCUT2D eigenvalue weighted by atomic mass is 16.5. The summed E-state index contributed by atoms with van der Waals surface area (Å²) in [6, 6.07) is 15.9. The lowest BCUT2D eigenvalue weighted by atomic mass is 10.0. The number of benzene rings is 2. The van der Waals surface area contributed by atoms with Gasteiger partial charge in [-0.1, -0.05) is 62.4 Å². The van der Waals surface area contributed by atoms with Crippen molar-refractivity contribution in [3.63, 3.8) is 0 Å². The van der Waals surface area contributed by atoms with Crippen molar-refractivity contribution in [3.05, 3.63) is 66.1 Å². The molecule has 2 atom stereocenters. The molecule has 0 bridgehead atoms. The molecule has 190 valence electrons. The third-order valence-electron chi connectivity index (χ3n) is 6.63. The van der Waals surface area contributed by atoms with Crippen LogP contribution in [0.25, 0.3) is 22.4 Å². The Labute approximate surface area is 212 Å². The van der Waals surface area contributed by atoms with E-state index >= 15 is 0 Å². The number of carbonyl (C=O) groups is 2. The van der Waals surface area contributed by atoms with E-state index in [0.29, 0.717) is 13.2 Å². The Bertz CT molecular complexity index is 1170. The number of hydrogen-bond acceptors (Lipinski definition) is 5. The zero-order chi connectivity index (χ0) is 25.7. The molecule has 2 heterocycles. The molecule has 36 heavy (non-hydrogen) atoms. The van der Waals surface area contributed by atoms with Gasteiger partial charge >= 0.3 is 6.09 Å². The maximum atomic E-state index is 13.3. The van der Waals surface area contributed by atoms with Crippen molar-refractivity contribution in [1.82, 2.24) is 20.2 Å². The number of amides is 2. The molecule has 0 aliphatic carbocycles. The number of aromatic nitrogens is 2. The van der Waals surface area contributed by atoms with Gasteiger partial charge in [0.05, 0.1) is 31.6 Å². The van der Waals surface area contributed by atoms with Crippen molar-refractivity contribution in [2.45, 2.75) is 45.4 Å². The first-order chi connectivity index (χ1) is 17.4. The largest absolute Gasteiger partial charge is 0.453 e. The Morgan fingerprint density at radius 1 is 1.06 bits per heavy atom. The fourth-order valence-electron chi connectivity index (χ4n) is 4.65. The molecule has 0 spiro atoms. The van der Waals surface area contributed by atoms with Crippen LogP contribution in [-0.4, -0.2) is 53.7 Å². The van der Waals surface area contributed by atoms with Crippen molar-refractivity contribution in [2.75, 3.05) is 20.8 Å². The maximum Gasteiger partial charge on any atom is 0.407 e. The summed E-state index contributed by atoms with van der Waals surface area (Å²) in [5.74, 6) is 0.575. The van der Waals surface area contributed by atoms with Crippen LogP contribution in [0.1, 0.15) is 44.1 Å². The number of aromatic amines is 1. The average Bonchev–Trinajstić information content (AvgIpc) is 3.57. The quantitative estimate of drug-likeness (QED) is 0.467. The molecule has 8 heteroatoms. The molecule has 1 saturated heterocycles. The van der Waals surface area contributed by atoms with Crippen LogP contribution in [-0.2, 0) is 20.9 Å². The fourth-order valence-corrected chi connectivity index (χ4v) is 4.65. The molecule has 0 saturated carbocycles. The van der Waals surface area contributed by atoms with Gasteiger partial charge in [-0.3, -0.25) is 4.79 Å². The van der Waals surface area contributed by atoms with E-state index in [4.69, 9.17) is 9.47 Å². The molecule has 2 amide bonds. The average molecular weight is 491 g/mol. The summed E-state index contributed by atoms with van der Waals surface area (Å²) >= 11 is 0. The van der Waals surface area contributed by atoms with Crippen LogP contribution >= 0.6 is 0 Å². The van der Waals surface area contributed by atoms with Gasteiger partial charge < -0.3 is 24.7 Å². The van der Waals surface area contributed by atoms with Crippen molar-refractivity contribution >= 4 is 12.0 Å². The second kappa shape index (κ2) is 11.4. The number of rotatable bonds is 8. The van der Waals surface area contributed by atoms with Crippen LogP contribution in [0, 0.1) is 5.92 Å². The summed E-state index contributed by atoms with van der Waals surface area (Å²) < 4.78 is 9.90. The van der Waals surface area contributed by atoms with E-state index in [1.165, 1.54) is 7.11 Å². The van der Waals surface area contributed by atoms with E-state index in [-0.39, 0.29) is 17.9 Å². The van der Waals surface area contributed by atoms with Gasteiger partial charge in [0.25, 0.3) is 0 Å². The molecular formula is C28H34N4O4. The number of nitrogens with zero attached hydrogens (tertiary/aromatic N) is 2. The van der Waals surface area contributed by atoms with Crippen molar-refractivity contribution < 1.29 is 19.1 Å². The first-order valence-electron chi connectivity index (χ1n) is 12.3. The standard InChI is InChI=1S/C28H34N4O4/c1-18(2)25(31-28(34)36-4)27(33)32-15-5-6-24(32)26-29-16-23(30-26)22-13-11-21(12-14-22)20-9-7-19(8-10-20)17-35-3/h7-14,16,18,24-25H,5-6,15,17H2,1-4H3,(H,29,30)(H,31,34)/t24-,25+/m1/s1. The number of H-pyrrole nitrogens is 1. The zero-order valence-corrected chi connectivity index (χ0v) is 21.3. The Morgan fingerprint density at radius 2 is 1.69 bits per heavy atom. The third-order valence-corrected chi connectivity index (χ3v) is 6.63. The van der Waals surface area contributed by atoms with Crippen molar-refractivity contribution in [1.29, 1.82) is 0 Å². The van der Waals surface area contributed by atoms with Crippen LogP contribution in [0.3, 0.4) is 0 Å². The lowest BCUT2D eigenvalue weighted by Gasteiger charge is -2.30. The van der Waals surface area contributed by atoms with E-state index in [0.717, 1.165) is 46.6 Å². The second-order valence-electron chi connectivity index (χ2n) is 9.44. The lowest BCUT2D eigenvalue weighted by Crippen LogP contribution is -2.51. The minimum atomic E-state index is -0.649. The summed E-state index contributed by atoms with van der Waals surface area (Å²) in [5.41, 5.74) is 5.35. The Kier molecular flexibility index (Phi) is 8.05. The van der Waals surface area contributed by atoms with Crippen LogP contribution in [0.15, 0.2) is 54.7 Å². The van der Waals surface area contributed by atoms with Gasteiger partial charge in [0.2, 0.25) is 5.91 Å². The number of carbonyl (C=O) groups excluding carboxylic acids is 2. The van der Waals surface area contributed by atoms with E-state index in [1.54, 1.807) is 7.11 Å². The van der Waals surface area contributed by atoms with E-state index in [1.807, 2.05) is 24.9 Å². The van der Waals surface area contributed by atoms with Gasteiger partial charge in [-0.25, -0.2) is 9.78 Å². The fraction of sp³-hybridized carbons (Fsp3) is 0.393. The van der Waals surface area contributed by atoms with Gasteiger partial charge in [-0.05, 0) is 41.0 Å². The summed E-state index contributed by atoms with van der Waals surface area (Å²) in [6.45, 7) is 5.05. The highest BCUT2D eigenvalue weighted by Gasteiger charge is 2.37. The van der Waals surface area contributed by atoms with Crippen LogP contribution in [0.5, 0.6) is 0 Å². The first-order valence-corrected chi connectivity index (χ1v) is 12.3. The van der Waals surface area contributed by atoms with E-state index in [2.05, 4.69) is 63.8 Å². The third kappa shape index (κ3) is 5.60. The SMILES string of the molecule is COCc1ccc(-c2ccc(-c3cnc([C@H]4CCCN4C(=O)[C@@H](NC(=O)OC)C(C)C)[nH]3)cc2)cc1. The molecule has 0 unspecified atom stereocenters. The number of alkyl carbamates (subject to hydrolysis) is 1. The number of nitrogens with one attached hydrogen (secondary N) is 2. The van der Waals surface area contributed by atoms with Crippen LogP contribution in [0.2, 0.25) is 0 Å². The molecule has 1 aliphatic heterocycles. The van der Waals surface area contributed by atoms with Crippen molar-refractivity contribution in [3.8, 4) is 22.4 Å². The van der Waals surface area contributed by atoms with Gasteiger partial charge in [0, 0.05) is 13.7 Å². The predicted octanol–water partition coefficient (Wildman–Crippen LogP) is 4.93. The lowest BCUT2D eigenvalue weighted by molar-refractivity contribution is -0.135. The molecule has 1 aromatic heterocycles. The molecule has 1 fully saturated rings. The van der Waals surface area contributed by atoms with E-state index < -0.39 is 12.1 Å². The number of ether oxygens (including phenoxy) is 2. The van der Waals surface area contributed by atoms with E-state index in [9.17, 15) is 9.59 Å². The summed E-state index contributed by atoms with van der Waals surface area (Å²) in [6.07, 6.45) is 2.91. The monoisotopic (exact) mass is 490 g/mol. The number of hydrogen-bond donors (Lipinski definition) is 2. The molecule has 2 aromatic carbocycles. The maximum absolute atomic E-state index is 13.3. The molecular weight excluding hydrogens is 456 g/mol. The molecule has 1 aliphatic rings. The minimum absolute atomic E-state index is 0.0697. The topological polar surface area (TPSA) is 96.6 Å². The van der Waals surface area contributed by atoms with Gasteiger partial charge in [-0.2, -0.15) is 0 Å². The van der Waals surface area contributed by atoms with Gasteiger partial charge in [0.15, 0.2) is 0 Å². The number of methoxy groups -OCH3 is 2. The smallest absolute Gasteiger partial charge is 0.407 e. The second-order valence-corrected chi connectivity index (χ2v) is 9.44. The first kappa shape index (κ1) is 25.4. The molecule has 4 rings (SSSR count). The number of likely N-dealkylation sites (tertiary alicyclic amines) is 1. The highest BCUT2D eigenvalue weighted by Crippen LogP contribution is 2.33. The summed E-state index contributed by atoms with van der Waals surface area (Å²) in [7, 11) is 2.99. The van der Waals surface area contributed by atoms with Crippen LogP contribution in [0.4, 0.5) is 4.79 Å². The number of imidazole rings is 1. The molecule has 8 nitrogen and oxygen atoms in total. The molecule has 3 aromatic rings. The minimum Gasteiger partial charge on any atom is -0.453 e. The Balaban J connectivity index is 1.48. The normalized spacial score (nSPS) is 16.2. The van der Waals surface area contributed by atoms with Gasteiger partial charge in [-0.15, -0.1) is 0 Å². The molecule has 0 radical (unpaired) electrons. The summed E-state index contributed by atoms with van der Waals surface area (Å²) in [5, 5.41) is 2.68. The Morgan fingerprint density at radius 3 is 2.31 bits per heavy atom. The molecule has 2 N–H and O–H groups in total. The van der Waals surface area contributed by atoms with Crippen LogP contribution < -0.4 is 5.32 Å².